The second-order valence-corrected chi connectivity index (χ2v) is 6.86. The molecule has 0 saturated heterocycles. The summed E-state index contributed by atoms with van der Waals surface area (Å²) in [4.78, 5) is 15.4. The number of likely N-dealkylation sites (N-methyl/N-ethyl adjacent to an activating group) is 1. The Morgan fingerprint density at radius 3 is 2.68 bits per heavy atom. The minimum absolute atomic E-state index is 0.0843. The second-order valence-electron chi connectivity index (χ2n) is 6.86. The van der Waals surface area contributed by atoms with Gasteiger partial charge >= 0.3 is 0 Å². The number of para-hydroxylation sites is 1. The number of hydrogen-bond donors (Lipinski definition) is 0. The van der Waals surface area contributed by atoms with E-state index in [1.807, 2.05) is 24.3 Å². The molecule has 0 radical (unpaired) electrons. The normalized spacial score (nSPS) is 15.5. The van der Waals surface area contributed by atoms with E-state index in [1.165, 1.54) is 0 Å². The summed E-state index contributed by atoms with van der Waals surface area (Å²) in [6.07, 6.45) is 4.09. The highest BCUT2D eigenvalue weighted by atomic mass is 16.7. The molecule has 0 saturated carbocycles. The van der Waals surface area contributed by atoms with Gasteiger partial charge in [-0.2, -0.15) is 0 Å². The predicted molar refractivity (Wildman–Crippen MR) is 106 cm³/mol. The van der Waals surface area contributed by atoms with E-state index in [0.717, 1.165) is 35.4 Å². The van der Waals surface area contributed by atoms with Gasteiger partial charge in [0.05, 0.1) is 19.8 Å². The Bertz CT molecular complexity index is 950. The fourth-order valence-corrected chi connectivity index (χ4v) is 3.82. The average Bonchev–Trinajstić information content (AvgIpc) is 3.19. The van der Waals surface area contributed by atoms with Gasteiger partial charge in [-0.05, 0) is 37.3 Å². The minimum Gasteiger partial charge on any atom is -0.496 e. The number of benzene rings is 2. The maximum Gasteiger partial charge on any atom is 0.231 e. The van der Waals surface area contributed by atoms with E-state index in [-0.39, 0.29) is 12.6 Å². The zero-order valence-corrected chi connectivity index (χ0v) is 16.3. The smallest absolute Gasteiger partial charge is 0.231 e. The molecule has 146 valence electrons. The van der Waals surface area contributed by atoms with Crippen LogP contribution in [0.2, 0.25) is 0 Å². The Hall–Kier alpha value is -2.99. The molecule has 2 aliphatic rings. The number of fused-ring (bicyclic) bond motifs is 2. The minimum atomic E-state index is -0.115. The Morgan fingerprint density at radius 1 is 1.11 bits per heavy atom. The van der Waals surface area contributed by atoms with Gasteiger partial charge in [-0.3, -0.25) is 4.79 Å². The first-order valence-electron chi connectivity index (χ1n) is 9.19. The number of ketones is 1. The van der Waals surface area contributed by atoms with E-state index in [1.54, 1.807) is 26.4 Å². The van der Waals surface area contributed by atoms with Gasteiger partial charge in [-0.1, -0.05) is 18.2 Å². The summed E-state index contributed by atoms with van der Waals surface area (Å²) in [7, 11) is 5.29. The predicted octanol–water partition coefficient (Wildman–Crippen LogP) is 3.32. The third kappa shape index (κ3) is 3.10. The Morgan fingerprint density at radius 2 is 1.89 bits per heavy atom. The average molecular weight is 381 g/mol. The van der Waals surface area contributed by atoms with E-state index in [4.69, 9.17) is 18.9 Å². The molecular weight excluding hydrogens is 358 g/mol. The van der Waals surface area contributed by atoms with Crippen LogP contribution in [0.15, 0.2) is 30.3 Å². The van der Waals surface area contributed by atoms with E-state index in [0.29, 0.717) is 29.4 Å². The van der Waals surface area contributed by atoms with Crippen molar-refractivity contribution in [1.29, 1.82) is 0 Å². The topological polar surface area (TPSA) is 57.2 Å². The molecular formula is C22H23NO5. The molecule has 0 amide bonds. The van der Waals surface area contributed by atoms with Crippen LogP contribution in [0.3, 0.4) is 0 Å². The molecule has 0 unspecified atom stereocenters. The van der Waals surface area contributed by atoms with Crippen molar-refractivity contribution in [3.63, 3.8) is 0 Å². The van der Waals surface area contributed by atoms with Gasteiger partial charge in [0.2, 0.25) is 12.5 Å². The van der Waals surface area contributed by atoms with E-state index in [9.17, 15) is 4.79 Å². The maximum atomic E-state index is 13.2. The molecule has 0 aliphatic carbocycles. The van der Waals surface area contributed by atoms with E-state index in [2.05, 4.69) is 11.9 Å². The van der Waals surface area contributed by atoms with Crippen molar-refractivity contribution < 1.29 is 23.7 Å². The van der Waals surface area contributed by atoms with Crippen molar-refractivity contribution in [3.05, 3.63) is 52.6 Å². The van der Waals surface area contributed by atoms with Crippen molar-refractivity contribution in [2.75, 3.05) is 34.6 Å². The van der Waals surface area contributed by atoms with Crippen LogP contribution in [0.5, 0.6) is 23.0 Å². The number of methoxy groups -OCH3 is 2. The lowest BCUT2D eigenvalue weighted by Gasteiger charge is -2.28. The molecule has 28 heavy (non-hydrogen) atoms. The van der Waals surface area contributed by atoms with Gasteiger partial charge in [0.1, 0.15) is 5.75 Å². The molecule has 2 aromatic carbocycles. The summed E-state index contributed by atoms with van der Waals surface area (Å²) >= 11 is 0. The number of nitrogens with zero attached hydrogens (tertiary/aromatic N) is 1. The molecule has 0 N–H and O–H groups in total. The Balaban J connectivity index is 1.79. The molecule has 0 bridgehead atoms. The number of allylic oxidation sites excluding steroid dienone is 1. The summed E-state index contributed by atoms with van der Waals surface area (Å²) < 4.78 is 22.3. The number of carbonyl (C=O) groups is 1. The lowest BCUT2D eigenvalue weighted by atomic mass is 9.90. The van der Waals surface area contributed by atoms with Crippen molar-refractivity contribution in [1.82, 2.24) is 4.90 Å². The van der Waals surface area contributed by atoms with E-state index < -0.39 is 0 Å². The zero-order chi connectivity index (χ0) is 19.7. The highest BCUT2D eigenvalue weighted by Crippen LogP contribution is 2.49. The van der Waals surface area contributed by atoms with Crippen molar-refractivity contribution in [3.8, 4) is 23.0 Å². The van der Waals surface area contributed by atoms with Gasteiger partial charge in [0, 0.05) is 24.2 Å². The molecule has 0 spiro atoms. The molecule has 2 aromatic rings. The first-order valence-corrected chi connectivity index (χ1v) is 9.19. The van der Waals surface area contributed by atoms with Crippen LogP contribution >= 0.6 is 0 Å². The molecule has 2 aliphatic heterocycles. The van der Waals surface area contributed by atoms with Gasteiger partial charge < -0.3 is 23.8 Å². The fourth-order valence-electron chi connectivity index (χ4n) is 3.82. The number of rotatable bonds is 5. The highest BCUT2D eigenvalue weighted by Gasteiger charge is 2.34. The third-order valence-corrected chi connectivity index (χ3v) is 5.16. The quantitative estimate of drug-likeness (QED) is 0.585. The van der Waals surface area contributed by atoms with Gasteiger partial charge in [0.25, 0.3) is 0 Å². The van der Waals surface area contributed by atoms with Gasteiger partial charge in [-0.25, -0.2) is 0 Å². The summed E-state index contributed by atoms with van der Waals surface area (Å²) in [6.45, 7) is 1.65. The second kappa shape index (κ2) is 7.56. The molecule has 6 nitrogen and oxygen atoms in total. The summed E-state index contributed by atoms with van der Waals surface area (Å²) in [5, 5.41) is 0. The molecule has 2 heterocycles. The third-order valence-electron chi connectivity index (χ3n) is 5.16. The molecule has 0 atom stereocenters. The number of ether oxygens (including phenoxy) is 4. The molecule has 6 heteroatoms. The lowest BCUT2D eigenvalue weighted by molar-refractivity contribution is 0.104. The first kappa shape index (κ1) is 18.4. The number of carbonyl (C=O) groups excluding carboxylic acids is 1. The summed E-state index contributed by atoms with van der Waals surface area (Å²) in [5.74, 6) is 2.27. The molecule has 0 fully saturated rings. The summed E-state index contributed by atoms with van der Waals surface area (Å²) in [5.41, 5.74) is 3.39. The van der Waals surface area contributed by atoms with Crippen molar-refractivity contribution in [2.24, 2.45) is 0 Å². The van der Waals surface area contributed by atoms with Crippen molar-refractivity contribution in [2.45, 2.75) is 13.0 Å². The van der Waals surface area contributed by atoms with Crippen molar-refractivity contribution >= 4 is 11.9 Å². The Kier molecular flexibility index (Phi) is 4.96. The number of hydrogen-bond acceptors (Lipinski definition) is 6. The lowest BCUT2D eigenvalue weighted by Crippen LogP contribution is -2.28. The largest absolute Gasteiger partial charge is 0.496 e. The van der Waals surface area contributed by atoms with Crippen LogP contribution in [-0.2, 0) is 13.0 Å². The van der Waals surface area contributed by atoms with Crippen LogP contribution in [0.1, 0.15) is 27.0 Å². The monoisotopic (exact) mass is 381 g/mol. The van der Waals surface area contributed by atoms with Crippen LogP contribution in [-0.4, -0.2) is 45.3 Å². The molecule has 0 aromatic heterocycles. The van der Waals surface area contributed by atoms with Crippen LogP contribution < -0.4 is 18.9 Å². The SMILES string of the molecule is COc1ccccc1C=CC(=O)c1c2c(c(OC)c3c1OCO3)CN(C)CC2. The van der Waals surface area contributed by atoms with Crippen LogP contribution in [0.4, 0.5) is 0 Å². The highest BCUT2D eigenvalue weighted by molar-refractivity contribution is 6.11. The van der Waals surface area contributed by atoms with Gasteiger partial charge in [0.15, 0.2) is 17.3 Å². The maximum absolute atomic E-state index is 13.2. The standard InChI is InChI=1S/C22H23NO5/c1-23-11-10-15-16(12-23)20(26-3)22-21(27-13-28-22)19(15)17(24)9-8-14-6-4-5-7-18(14)25-2/h4-9H,10-13H2,1-3H3. The fraction of sp³-hybridized carbons (Fsp3) is 0.318. The van der Waals surface area contributed by atoms with Crippen LogP contribution in [0, 0.1) is 0 Å². The van der Waals surface area contributed by atoms with Crippen LogP contribution in [0.25, 0.3) is 6.08 Å². The van der Waals surface area contributed by atoms with E-state index >= 15 is 0 Å². The Labute approximate surface area is 164 Å². The van der Waals surface area contributed by atoms with Gasteiger partial charge in [-0.15, -0.1) is 0 Å². The first-order chi connectivity index (χ1) is 13.6. The zero-order valence-electron chi connectivity index (χ0n) is 16.3. The molecule has 4 rings (SSSR count). The summed E-state index contributed by atoms with van der Waals surface area (Å²) in [6, 6.07) is 7.58.